The molecule has 0 saturated carbocycles. The van der Waals surface area contributed by atoms with Crippen molar-refractivity contribution in [3.63, 3.8) is 0 Å². The second-order valence-corrected chi connectivity index (χ2v) is 4.10. The lowest BCUT2D eigenvalue weighted by Gasteiger charge is -2.26. The minimum atomic E-state index is 0.0614. The molecule has 4 heteroatoms. The highest BCUT2D eigenvalue weighted by Crippen LogP contribution is 2.16. The minimum absolute atomic E-state index is 0.0614. The molecule has 0 unspecified atom stereocenters. The minimum Gasteiger partial charge on any atom is -0.339 e. The molecule has 1 aromatic rings. The van der Waals surface area contributed by atoms with Crippen molar-refractivity contribution in [2.45, 2.75) is 19.3 Å². The summed E-state index contributed by atoms with van der Waals surface area (Å²) >= 11 is 0. The molecule has 1 fully saturated rings. The highest BCUT2D eigenvalue weighted by atomic mass is 16.2. The molecule has 4 nitrogen and oxygen atoms in total. The Bertz CT molecular complexity index is 441. The van der Waals surface area contributed by atoms with Crippen LogP contribution in [0.25, 0.3) is 0 Å². The van der Waals surface area contributed by atoms with Crippen molar-refractivity contribution < 1.29 is 9.59 Å². The molecule has 0 bridgehead atoms. The summed E-state index contributed by atoms with van der Waals surface area (Å²) in [5.74, 6) is 0.0614. The molecule has 0 radical (unpaired) electrons. The zero-order chi connectivity index (χ0) is 12.1. The largest absolute Gasteiger partial charge is 0.339 e. The summed E-state index contributed by atoms with van der Waals surface area (Å²) in [6, 6.07) is 6.71. The van der Waals surface area contributed by atoms with Crippen molar-refractivity contribution in [2.24, 2.45) is 4.99 Å². The van der Waals surface area contributed by atoms with Crippen molar-refractivity contribution >= 4 is 17.7 Å². The Morgan fingerprint density at radius 2 is 1.76 bits per heavy atom. The Morgan fingerprint density at radius 1 is 1.12 bits per heavy atom. The number of aliphatic imine (C=N–C) groups is 1. The van der Waals surface area contributed by atoms with Gasteiger partial charge in [0.1, 0.15) is 0 Å². The monoisotopic (exact) mass is 230 g/mol. The van der Waals surface area contributed by atoms with Gasteiger partial charge in [0.2, 0.25) is 6.08 Å². The first-order valence-corrected chi connectivity index (χ1v) is 5.78. The summed E-state index contributed by atoms with van der Waals surface area (Å²) in [6.07, 6.45) is 4.85. The van der Waals surface area contributed by atoms with Gasteiger partial charge in [-0.05, 0) is 43.5 Å². The predicted molar refractivity (Wildman–Crippen MR) is 64.0 cm³/mol. The molecule has 1 saturated heterocycles. The number of benzene rings is 1. The van der Waals surface area contributed by atoms with E-state index in [1.54, 1.807) is 24.3 Å². The van der Waals surface area contributed by atoms with Gasteiger partial charge in [-0.3, -0.25) is 4.79 Å². The van der Waals surface area contributed by atoms with Gasteiger partial charge in [-0.2, -0.15) is 4.99 Å². The zero-order valence-corrected chi connectivity index (χ0v) is 9.56. The second-order valence-electron chi connectivity index (χ2n) is 4.10. The molecule has 2 rings (SSSR count). The molecule has 1 aliphatic heterocycles. The molecule has 1 heterocycles. The average molecular weight is 230 g/mol. The predicted octanol–water partition coefficient (Wildman–Crippen LogP) is 2.28. The lowest BCUT2D eigenvalue weighted by molar-refractivity contribution is 0.0724. The average Bonchev–Trinajstić information content (AvgIpc) is 2.40. The maximum atomic E-state index is 12.1. The van der Waals surface area contributed by atoms with Crippen LogP contribution in [0.1, 0.15) is 29.6 Å². The topological polar surface area (TPSA) is 49.7 Å². The van der Waals surface area contributed by atoms with Crippen molar-refractivity contribution in [3.05, 3.63) is 29.8 Å². The summed E-state index contributed by atoms with van der Waals surface area (Å²) in [5, 5.41) is 0. The summed E-state index contributed by atoms with van der Waals surface area (Å²) in [7, 11) is 0. The first kappa shape index (κ1) is 11.6. The number of likely N-dealkylation sites (tertiary alicyclic amines) is 1. The Kier molecular flexibility index (Phi) is 3.68. The van der Waals surface area contributed by atoms with E-state index < -0.39 is 0 Å². The normalized spacial score (nSPS) is 15.2. The summed E-state index contributed by atoms with van der Waals surface area (Å²) in [4.78, 5) is 27.5. The quantitative estimate of drug-likeness (QED) is 0.578. The maximum absolute atomic E-state index is 12.1. The van der Waals surface area contributed by atoms with Crippen molar-refractivity contribution in [2.75, 3.05) is 13.1 Å². The van der Waals surface area contributed by atoms with Crippen LogP contribution in [0, 0.1) is 0 Å². The fraction of sp³-hybridized carbons (Fsp3) is 0.385. The molecular weight excluding hydrogens is 216 g/mol. The molecule has 0 N–H and O–H groups in total. The van der Waals surface area contributed by atoms with Crippen molar-refractivity contribution in [1.82, 2.24) is 4.90 Å². The smallest absolute Gasteiger partial charge is 0.253 e. The van der Waals surface area contributed by atoms with E-state index in [0.29, 0.717) is 11.3 Å². The van der Waals surface area contributed by atoms with E-state index in [9.17, 15) is 9.59 Å². The van der Waals surface area contributed by atoms with Gasteiger partial charge < -0.3 is 4.90 Å². The van der Waals surface area contributed by atoms with Crippen LogP contribution >= 0.6 is 0 Å². The van der Waals surface area contributed by atoms with Gasteiger partial charge in [-0.25, -0.2) is 4.79 Å². The fourth-order valence-corrected chi connectivity index (χ4v) is 2.01. The number of amides is 1. The molecule has 1 aromatic carbocycles. The van der Waals surface area contributed by atoms with E-state index in [-0.39, 0.29) is 5.91 Å². The van der Waals surface area contributed by atoms with Gasteiger partial charge >= 0.3 is 0 Å². The number of nitrogens with zero attached hydrogens (tertiary/aromatic N) is 2. The van der Waals surface area contributed by atoms with E-state index in [2.05, 4.69) is 4.99 Å². The van der Waals surface area contributed by atoms with Crippen LogP contribution in [0.5, 0.6) is 0 Å². The number of isocyanates is 1. The van der Waals surface area contributed by atoms with Crippen LogP contribution in [0.3, 0.4) is 0 Å². The Morgan fingerprint density at radius 3 is 2.35 bits per heavy atom. The van der Waals surface area contributed by atoms with Crippen LogP contribution < -0.4 is 0 Å². The Labute approximate surface area is 100.0 Å². The van der Waals surface area contributed by atoms with Crippen LogP contribution in [0.15, 0.2) is 29.3 Å². The van der Waals surface area contributed by atoms with Crippen LogP contribution in [-0.4, -0.2) is 30.0 Å². The van der Waals surface area contributed by atoms with Gasteiger partial charge in [-0.1, -0.05) is 0 Å². The summed E-state index contributed by atoms with van der Waals surface area (Å²) < 4.78 is 0. The lowest BCUT2D eigenvalue weighted by Crippen LogP contribution is -2.35. The van der Waals surface area contributed by atoms with Crippen molar-refractivity contribution in [3.8, 4) is 0 Å². The molecule has 0 spiro atoms. The second kappa shape index (κ2) is 5.41. The van der Waals surface area contributed by atoms with E-state index in [1.807, 2.05) is 4.90 Å². The van der Waals surface area contributed by atoms with E-state index in [0.717, 1.165) is 25.9 Å². The van der Waals surface area contributed by atoms with E-state index in [1.165, 1.54) is 12.5 Å². The third-order valence-electron chi connectivity index (χ3n) is 2.93. The highest BCUT2D eigenvalue weighted by Gasteiger charge is 2.17. The van der Waals surface area contributed by atoms with Gasteiger partial charge in [0.05, 0.1) is 5.69 Å². The number of hydrogen-bond donors (Lipinski definition) is 0. The van der Waals surface area contributed by atoms with Gasteiger partial charge in [0.25, 0.3) is 5.91 Å². The fourth-order valence-electron chi connectivity index (χ4n) is 2.01. The van der Waals surface area contributed by atoms with Gasteiger partial charge in [0, 0.05) is 18.7 Å². The maximum Gasteiger partial charge on any atom is 0.253 e. The van der Waals surface area contributed by atoms with Gasteiger partial charge in [0.15, 0.2) is 0 Å². The Hall–Kier alpha value is -1.93. The summed E-state index contributed by atoms with van der Waals surface area (Å²) in [6.45, 7) is 1.68. The van der Waals surface area contributed by atoms with Crippen molar-refractivity contribution in [1.29, 1.82) is 0 Å². The number of hydrogen-bond acceptors (Lipinski definition) is 3. The standard InChI is InChI=1S/C13H14N2O2/c16-10-14-12-6-4-11(5-7-12)13(17)15-8-2-1-3-9-15/h4-7H,1-3,8-9H2. The zero-order valence-electron chi connectivity index (χ0n) is 9.56. The SMILES string of the molecule is O=C=Nc1ccc(C(=O)N2CCCCC2)cc1. The molecule has 17 heavy (non-hydrogen) atoms. The van der Waals surface area contributed by atoms with E-state index >= 15 is 0 Å². The third kappa shape index (κ3) is 2.80. The number of piperidine rings is 1. The summed E-state index contributed by atoms with van der Waals surface area (Å²) in [5.41, 5.74) is 1.17. The van der Waals surface area contributed by atoms with Crippen LogP contribution in [0.4, 0.5) is 5.69 Å². The number of carbonyl (C=O) groups excluding carboxylic acids is 2. The van der Waals surface area contributed by atoms with Crippen LogP contribution in [-0.2, 0) is 4.79 Å². The third-order valence-corrected chi connectivity index (χ3v) is 2.93. The molecule has 0 aromatic heterocycles. The number of rotatable bonds is 2. The molecule has 1 amide bonds. The Balaban J connectivity index is 2.10. The molecular formula is C13H14N2O2. The molecule has 88 valence electrons. The highest BCUT2D eigenvalue weighted by molar-refractivity contribution is 5.94. The van der Waals surface area contributed by atoms with E-state index in [4.69, 9.17) is 0 Å². The molecule has 0 atom stereocenters. The lowest BCUT2D eigenvalue weighted by atomic mass is 10.1. The molecule has 0 aliphatic carbocycles. The molecule has 1 aliphatic rings. The first-order chi connectivity index (χ1) is 8.31. The number of carbonyl (C=O) groups is 1. The van der Waals surface area contributed by atoms with Gasteiger partial charge in [-0.15, -0.1) is 0 Å². The first-order valence-electron chi connectivity index (χ1n) is 5.78. The van der Waals surface area contributed by atoms with Crippen LogP contribution in [0.2, 0.25) is 0 Å².